The Morgan fingerprint density at radius 1 is 1.44 bits per heavy atom. The second-order valence-electron chi connectivity index (χ2n) is 3.41. The van der Waals surface area contributed by atoms with E-state index in [0.29, 0.717) is 11.3 Å². The smallest absolute Gasteiger partial charge is 0.182 e. The van der Waals surface area contributed by atoms with Gasteiger partial charge in [0.1, 0.15) is 10.8 Å². The SMILES string of the molecule is COc1cc(C(C)CO)c(F)c(Cl)c1OC. The lowest BCUT2D eigenvalue weighted by atomic mass is 10.0. The van der Waals surface area contributed by atoms with Gasteiger partial charge in [-0.15, -0.1) is 0 Å². The molecule has 1 rings (SSSR count). The van der Waals surface area contributed by atoms with E-state index in [1.165, 1.54) is 20.3 Å². The van der Waals surface area contributed by atoms with Crippen LogP contribution in [0.3, 0.4) is 0 Å². The molecular weight excluding hydrogens is 235 g/mol. The number of ether oxygens (including phenoxy) is 2. The number of halogens is 2. The number of benzene rings is 1. The molecule has 0 aliphatic carbocycles. The lowest BCUT2D eigenvalue weighted by Crippen LogP contribution is -2.04. The standard InChI is InChI=1S/C11H14ClFO3/c1-6(5-14)7-4-8(15-2)11(16-3)9(12)10(7)13/h4,6,14H,5H2,1-3H3. The molecule has 1 N–H and O–H groups in total. The number of aliphatic hydroxyl groups excluding tert-OH is 1. The maximum absolute atomic E-state index is 13.8. The molecule has 1 atom stereocenters. The number of hydrogen-bond acceptors (Lipinski definition) is 3. The van der Waals surface area contributed by atoms with Crippen molar-refractivity contribution in [3.8, 4) is 11.5 Å². The Bertz CT molecular complexity index is 382. The summed E-state index contributed by atoms with van der Waals surface area (Å²) in [6.07, 6.45) is 0. The highest BCUT2D eigenvalue weighted by molar-refractivity contribution is 6.32. The third-order valence-electron chi connectivity index (χ3n) is 2.38. The topological polar surface area (TPSA) is 38.7 Å². The fourth-order valence-corrected chi connectivity index (χ4v) is 1.68. The Balaban J connectivity index is 3.38. The largest absolute Gasteiger partial charge is 0.493 e. The monoisotopic (exact) mass is 248 g/mol. The van der Waals surface area contributed by atoms with Gasteiger partial charge in [-0.25, -0.2) is 4.39 Å². The van der Waals surface area contributed by atoms with Gasteiger partial charge in [-0.3, -0.25) is 0 Å². The quantitative estimate of drug-likeness (QED) is 0.890. The molecule has 3 nitrogen and oxygen atoms in total. The van der Waals surface area contributed by atoms with E-state index < -0.39 is 5.82 Å². The Morgan fingerprint density at radius 3 is 2.50 bits per heavy atom. The van der Waals surface area contributed by atoms with E-state index in [0.717, 1.165) is 0 Å². The van der Waals surface area contributed by atoms with Gasteiger partial charge in [0.15, 0.2) is 11.5 Å². The van der Waals surface area contributed by atoms with Crippen molar-refractivity contribution >= 4 is 11.6 Å². The normalized spacial score (nSPS) is 12.4. The van der Waals surface area contributed by atoms with Crippen LogP contribution in [0.1, 0.15) is 18.4 Å². The van der Waals surface area contributed by atoms with Crippen molar-refractivity contribution in [2.75, 3.05) is 20.8 Å². The van der Waals surface area contributed by atoms with E-state index in [1.54, 1.807) is 6.92 Å². The predicted octanol–water partition coefficient (Wildman–Crippen LogP) is 2.59. The highest BCUT2D eigenvalue weighted by Gasteiger charge is 2.21. The van der Waals surface area contributed by atoms with Crippen LogP contribution in [0.2, 0.25) is 5.02 Å². The molecule has 5 heteroatoms. The first-order chi connectivity index (χ1) is 7.56. The van der Waals surface area contributed by atoms with Crippen LogP contribution in [0, 0.1) is 5.82 Å². The highest BCUT2D eigenvalue weighted by Crippen LogP contribution is 2.40. The minimum absolute atomic E-state index is 0.128. The van der Waals surface area contributed by atoms with E-state index in [-0.39, 0.29) is 23.3 Å². The van der Waals surface area contributed by atoms with Crippen LogP contribution in [0.15, 0.2) is 6.07 Å². The summed E-state index contributed by atoms with van der Waals surface area (Å²) < 4.78 is 23.8. The van der Waals surface area contributed by atoms with Gasteiger partial charge in [0.25, 0.3) is 0 Å². The lowest BCUT2D eigenvalue weighted by molar-refractivity contribution is 0.269. The molecule has 0 spiro atoms. The number of rotatable bonds is 4. The summed E-state index contributed by atoms with van der Waals surface area (Å²) in [5.74, 6) is -0.419. The van der Waals surface area contributed by atoms with Gasteiger partial charge in [0.2, 0.25) is 0 Å². The van der Waals surface area contributed by atoms with Crippen molar-refractivity contribution in [2.45, 2.75) is 12.8 Å². The zero-order valence-electron chi connectivity index (χ0n) is 9.38. The Labute approximate surface area is 98.7 Å². The Morgan fingerprint density at radius 2 is 2.06 bits per heavy atom. The van der Waals surface area contributed by atoms with E-state index in [2.05, 4.69) is 0 Å². The van der Waals surface area contributed by atoms with Crippen molar-refractivity contribution in [2.24, 2.45) is 0 Å². The summed E-state index contributed by atoms with van der Waals surface area (Å²) in [5.41, 5.74) is 0.310. The second-order valence-corrected chi connectivity index (χ2v) is 3.79. The minimum atomic E-state index is -0.583. The average molecular weight is 249 g/mol. The van der Waals surface area contributed by atoms with E-state index in [4.69, 9.17) is 26.2 Å². The third-order valence-corrected chi connectivity index (χ3v) is 2.72. The van der Waals surface area contributed by atoms with Crippen molar-refractivity contribution in [1.82, 2.24) is 0 Å². The van der Waals surface area contributed by atoms with Crippen LogP contribution in [0.4, 0.5) is 4.39 Å². The van der Waals surface area contributed by atoms with Gasteiger partial charge in [0.05, 0.1) is 14.2 Å². The van der Waals surface area contributed by atoms with Gasteiger partial charge >= 0.3 is 0 Å². The molecule has 0 aliphatic heterocycles. The highest BCUT2D eigenvalue weighted by atomic mass is 35.5. The van der Waals surface area contributed by atoms with Crippen molar-refractivity contribution in [1.29, 1.82) is 0 Å². The molecular formula is C11H14ClFO3. The lowest BCUT2D eigenvalue weighted by Gasteiger charge is -2.16. The molecule has 0 fully saturated rings. The predicted molar refractivity (Wildman–Crippen MR) is 60.0 cm³/mol. The van der Waals surface area contributed by atoms with Crippen LogP contribution in [0.25, 0.3) is 0 Å². The molecule has 1 aromatic rings. The zero-order valence-corrected chi connectivity index (χ0v) is 10.1. The fraction of sp³-hybridized carbons (Fsp3) is 0.455. The van der Waals surface area contributed by atoms with Crippen LogP contribution in [-0.4, -0.2) is 25.9 Å². The first-order valence-electron chi connectivity index (χ1n) is 4.77. The number of hydrogen-bond donors (Lipinski definition) is 1. The summed E-state index contributed by atoms with van der Waals surface area (Å²) in [7, 11) is 2.83. The van der Waals surface area contributed by atoms with Crippen molar-refractivity contribution in [3.63, 3.8) is 0 Å². The molecule has 1 unspecified atom stereocenters. The first-order valence-corrected chi connectivity index (χ1v) is 5.15. The molecule has 0 amide bonds. The fourth-order valence-electron chi connectivity index (χ4n) is 1.40. The van der Waals surface area contributed by atoms with Crippen LogP contribution in [-0.2, 0) is 0 Å². The molecule has 1 aromatic carbocycles. The Kier molecular flexibility index (Phi) is 4.38. The van der Waals surface area contributed by atoms with Crippen molar-refractivity contribution < 1.29 is 19.0 Å². The van der Waals surface area contributed by atoms with E-state index in [1.807, 2.05) is 0 Å². The maximum atomic E-state index is 13.8. The molecule has 0 heterocycles. The summed E-state index contributed by atoms with van der Waals surface area (Å²) in [4.78, 5) is 0. The third kappa shape index (κ3) is 2.23. The minimum Gasteiger partial charge on any atom is -0.493 e. The summed E-state index contributed by atoms with van der Waals surface area (Å²) in [6.45, 7) is 1.53. The van der Waals surface area contributed by atoms with Crippen LogP contribution >= 0.6 is 11.6 Å². The summed E-state index contributed by atoms with van der Waals surface area (Å²) >= 11 is 5.82. The number of methoxy groups -OCH3 is 2. The van der Waals surface area contributed by atoms with Gasteiger partial charge in [-0.1, -0.05) is 18.5 Å². The Hall–Kier alpha value is -1.00. The molecule has 0 radical (unpaired) electrons. The van der Waals surface area contributed by atoms with Crippen molar-refractivity contribution in [3.05, 3.63) is 22.5 Å². The molecule has 0 saturated heterocycles. The van der Waals surface area contributed by atoms with Gasteiger partial charge < -0.3 is 14.6 Å². The molecule has 0 aromatic heterocycles. The average Bonchev–Trinajstić information content (AvgIpc) is 2.31. The molecule has 0 saturated carbocycles. The van der Waals surface area contributed by atoms with Crippen LogP contribution < -0.4 is 9.47 Å². The summed E-state index contributed by atoms with van der Waals surface area (Å²) in [5, 5.41) is 8.88. The van der Waals surface area contributed by atoms with Gasteiger partial charge in [0, 0.05) is 12.5 Å². The maximum Gasteiger partial charge on any atom is 0.182 e. The molecule has 0 aliphatic rings. The molecule has 90 valence electrons. The molecule has 0 bridgehead atoms. The summed E-state index contributed by atoms with van der Waals surface area (Å²) in [6, 6.07) is 1.49. The van der Waals surface area contributed by atoms with Gasteiger partial charge in [-0.2, -0.15) is 0 Å². The molecule has 16 heavy (non-hydrogen) atoms. The zero-order chi connectivity index (χ0) is 12.3. The van der Waals surface area contributed by atoms with Gasteiger partial charge in [-0.05, 0) is 11.6 Å². The second kappa shape index (κ2) is 5.37. The van der Waals surface area contributed by atoms with E-state index >= 15 is 0 Å². The number of aliphatic hydroxyl groups is 1. The van der Waals surface area contributed by atoms with Crippen LogP contribution in [0.5, 0.6) is 11.5 Å². The van der Waals surface area contributed by atoms with E-state index in [9.17, 15) is 4.39 Å². The first kappa shape index (κ1) is 13.1.